The topological polar surface area (TPSA) is 67.8 Å². The lowest BCUT2D eigenvalue weighted by Crippen LogP contribution is -2.40. The minimum absolute atomic E-state index is 0.456. The van der Waals surface area contributed by atoms with Crippen LogP contribution in [0.5, 0.6) is 11.5 Å². The normalized spacial score (nSPS) is 13.9. The van der Waals surface area contributed by atoms with Gasteiger partial charge in [-0.05, 0) is 36.8 Å². The minimum atomic E-state index is -0.734. The molecule has 128 valence electrons. The molecular formula is C17H25NO4S. The summed E-state index contributed by atoms with van der Waals surface area (Å²) >= 11 is 1.65. The highest BCUT2D eigenvalue weighted by atomic mass is 32.2. The number of aliphatic carboxylic acids is 1. The number of thioether (sulfide) groups is 1. The summed E-state index contributed by atoms with van der Waals surface area (Å²) in [5, 5.41) is 12.8. The van der Waals surface area contributed by atoms with Crippen molar-refractivity contribution < 1.29 is 19.4 Å². The zero-order valence-corrected chi connectivity index (χ0v) is 14.8. The molecule has 0 aliphatic carbocycles. The Labute approximate surface area is 141 Å². The van der Waals surface area contributed by atoms with Crippen LogP contribution >= 0.6 is 11.8 Å². The van der Waals surface area contributed by atoms with Gasteiger partial charge in [-0.1, -0.05) is 13.8 Å². The predicted molar refractivity (Wildman–Crippen MR) is 91.6 cm³/mol. The fraction of sp³-hybridized carbons (Fsp3) is 0.588. The molecular weight excluding hydrogens is 314 g/mol. The Morgan fingerprint density at radius 1 is 1.26 bits per heavy atom. The summed E-state index contributed by atoms with van der Waals surface area (Å²) in [6.45, 7) is 6.06. The highest BCUT2D eigenvalue weighted by molar-refractivity contribution is 7.98. The third-order valence-electron chi connectivity index (χ3n) is 4.53. The van der Waals surface area contributed by atoms with E-state index in [-0.39, 0.29) is 0 Å². The number of hydrogen-bond acceptors (Lipinski definition) is 5. The zero-order chi connectivity index (χ0) is 16.9. The number of carbonyl (C=O) groups is 1. The maximum absolute atomic E-state index is 11.6. The third kappa shape index (κ3) is 3.93. The summed E-state index contributed by atoms with van der Waals surface area (Å²) < 4.78 is 11.2. The van der Waals surface area contributed by atoms with Crippen LogP contribution < -0.4 is 14.8 Å². The molecule has 0 radical (unpaired) electrons. The van der Waals surface area contributed by atoms with Gasteiger partial charge in [0.25, 0.3) is 0 Å². The lowest BCUT2D eigenvalue weighted by molar-refractivity contribution is -0.149. The first-order valence-electron chi connectivity index (χ1n) is 7.97. The maximum Gasteiger partial charge on any atom is 0.310 e. The van der Waals surface area contributed by atoms with Gasteiger partial charge in [-0.25, -0.2) is 0 Å². The van der Waals surface area contributed by atoms with Gasteiger partial charge in [0.15, 0.2) is 11.5 Å². The summed E-state index contributed by atoms with van der Waals surface area (Å²) in [5.74, 6) is 0.815. The lowest BCUT2D eigenvalue weighted by Gasteiger charge is -2.27. The number of carboxylic acid groups (broad SMARTS) is 1. The molecule has 1 aliphatic heterocycles. The number of ether oxygens (including phenoxy) is 2. The molecule has 0 saturated heterocycles. The van der Waals surface area contributed by atoms with E-state index in [1.165, 1.54) is 0 Å². The Balaban J connectivity index is 2.09. The van der Waals surface area contributed by atoms with Gasteiger partial charge in [0.2, 0.25) is 0 Å². The van der Waals surface area contributed by atoms with Crippen LogP contribution in [0.15, 0.2) is 17.0 Å². The molecule has 1 heterocycles. The molecule has 2 N–H and O–H groups in total. The van der Waals surface area contributed by atoms with Gasteiger partial charge in [0, 0.05) is 18.0 Å². The number of carboxylic acids is 1. The van der Waals surface area contributed by atoms with E-state index in [4.69, 9.17) is 9.47 Å². The number of hydrogen-bond donors (Lipinski definition) is 2. The highest BCUT2D eigenvalue weighted by Crippen LogP contribution is 2.36. The first-order chi connectivity index (χ1) is 11.1. The molecule has 2 rings (SSSR count). The second-order valence-electron chi connectivity index (χ2n) is 5.70. The van der Waals surface area contributed by atoms with Crippen molar-refractivity contribution in [1.29, 1.82) is 0 Å². The molecule has 23 heavy (non-hydrogen) atoms. The molecule has 0 unspecified atom stereocenters. The van der Waals surface area contributed by atoms with Crippen molar-refractivity contribution in [2.24, 2.45) is 5.41 Å². The largest absolute Gasteiger partial charge is 0.486 e. The van der Waals surface area contributed by atoms with Gasteiger partial charge in [-0.3, -0.25) is 4.79 Å². The van der Waals surface area contributed by atoms with Crippen LogP contribution in [-0.4, -0.2) is 37.1 Å². The van der Waals surface area contributed by atoms with E-state index >= 15 is 0 Å². The Bertz CT molecular complexity index is 558. The molecule has 0 aromatic heterocycles. The molecule has 0 spiro atoms. The highest BCUT2D eigenvalue weighted by Gasteiger charge is 2.34. The Morgan fingerprint density at radius 2 is 1.87 bits per heavy atom. The lowest BCUT2D eigenvalue weighted by atomic mass is 9.82. The molecule has 1 aromatic carbocycles. The van der Waals surface area contributed by atoms with Crippen LogP contribution in [0.1, 0.15) is 32.3 Å². The van der Waals surface area contributed by atoms with Crippen LogP contribution in [0.4, 0.5) is 0 Å². The molecule has 0 atom stereocenters. The molecule has 0 saturated carbocycles. The summed E-state index contributed by atoms with van der Waals surface area (Å²) in [4.78, 5) is 12.7. The van der Waals surface area contributed by atoms with Crippen molar-refractivity contribution in [3.05, 3.63) is 17.7 Å². The van der Waals surface area contributed by atoms with E-state index in [9.17, 15) is 9.90 Å². The van der Waals surface area contributed by atoms with Gasteiger partial charge in [0.1, 0.15) is 13.2 Å². The number of fused-ring (bicyclic) bond motifs is 1. The van der Waals surface area contributed by atoms with Crippen molar-refractivity contribution in [2.45, 2.75) is 38.1 Å². The van der Waals surface area contributed by atoms with E-state index < -0.39 is 11.4 Å². The summed E-state index contributed by atoms with van der Waals surface area (Å²) in [6.07, 6.45) is 3.25. The van der Waals surface area contributed by atoms with Crippen LogP contribution in [0.2, 0.25) is 0 Å². The molecule has 1 aromatic rings. The second-order valence-corrected chi connectivity index (χ2v) is 6.55. The number of rotatable bonds is 8. The van der Waals surface area contributed by atoms with Crippen molar-refractivity contribution in [1.82, 2.24) is 5.32 Å². The van der Waals surface area contributed by atoms with Crippen molar-refractivity contribution in [3.63, 3.8) is 0 Å². The quantitative estimate of drug-likeness (QED) is 0.709. The van der Waals surface area contributed by atoms with Gasteiger partial charge >= 0.3 is 5.97 Å². The first-order valence-corrected chi connectivity index (χ1v) is 9.19. The van der Waals surface area contributed by atoms with Crippen LogP contribution in [0.25, 0.3) is 0 Å². The average Bonchev–Trinajstić information content (AvgIpc) is 2.58. The molecule has 1 aliphatic rings. The average molecular weight is 339 g/mol. The summed E-state index contributed by atoms with van der Waals surface area (Å²) in [7, 11) is 0. The van der Waals surface area contributed by atoms with Crippen LogP contribution in [0.3, 0.4) is 0 Å². The van der Waals surface area contributed by atoms with Crippen molar-refractivity contribution >= 4 is 17.7 Å². The van der Waals surface area contributed by atoms with Crippen LogP contribution in [0, 0.1) is 5.41 Å². The van der Waals surface area contributed by atoms with Gasteiger partial charge in [-0.15, -0.1) is 11.8 Å². The zero-order valence-electron chi connectivity index (χ0n) is 14.0. The summed E-state index contributed by atoms with van der Waals surface area (Å²) in [5.41, 5.74) is 0.404. The molecule has 6 heteroatoms. The van der Waals surface area contributed by atoms with E-state index in [0.29, 0.717) is 39.1 Å². The molecule has 5 nitrogen and oxygen atoms in total. The van der Waals surface area contributed by atoms with E-state index in [1.807, 2.05) is 32.2 Å². The molecule has 0 bridgehead atoms. The van der Waals surface area contributed by atoms with E-state index in [0.717, 1.165) is 22.0 Å². The van der Waals surface area contributed by atoms with Crippen molar-refractivity contribution in [3.8, 4) is 11.5 Å². The minimum Gasteiger partial charge on any atom is -0.486 e. The molecule has 0 amide bonds. The van der Waals surface area contributed by atoms with Gasteiger partial charge in [0.05, 0.1) is 5.41 Å². The number of benzene rings is 1. The Hall–Kier alpha value is -1.40. The Morgan fingerprint density at radius 3 is 2.39 bits per heavy atom. The van der Waals surface area contributed by atoms with Crippen molar-refractivity contribution in [2.75, 3.05) is 26.0 Å². The fourth-order valence-corrected chi connectivity index (χ4v) is 3.37. The third-order valence-corrected chi connectivity index (χ3v) is 5.35. The summed E-state index contributed by atoms with van der Waals surface area (Å²) in [6, 6.07) is 3.99. The predicted octanol–water partition coefficient (Wildman–Crippen LogP) is 3.16. The monoisotopic (exact) mass is 339 g/mol. The van der Waals surface area contributed by atoms with Gasteiger partial charge < -0.3 is 19.9 Å². The maximum atomic E-state index is 11.6. The fourth-order valence-electron chi connectivity index (χ4n) is 2.75. The standard InChI is InChI=1S/C17H25NO4S/c1-4-17(5-2,16(19)20)11-18-10-12-8-13-14(9-15(12)23-3)22-7-6-21-13/h8-9,18H,4-7,10-11H2,1-3H3,(H,19,20). The Kier molecular flexibility index (Phi) is 6.18. The van der Waals surface area contributed by atoms with E-state index in [2.05, 4.69) is 5.32 Å². The first kappa shape index (κ1) is 17.9. The van der Waals surface area contributed by atoms with Gasteiger partial charge in [-0.2, -0.15) is 0 Å². The SMILES string of the molecule is CCC(CC)(CNCc1cc2c(cc1SC)OCCO2)C(=O)O. The number of nitrogens with one attached hydrogen (secondary N) is 1. The molecule has 0 fully saturated rings. The smallest absolute Gasteiger partial charge is 0.310 e. The van der Waals surface area contributed by atoms with E-state index in [1.54, 1.807) is 11.8 Å². The van der Waals surface area contributed by atoms with Crippen LogP contribution in [-0.2, 0) is 11.3 Å². The second kappa shape index (κ2) is 7.93.